The number of benzene rings is 1. The standard InChI is InChI=1S/C12H8F2N2O/c13-8-3-7(4-9(14)5-8)12(17)10-6-16-2-1-11(10)15/h1-6H,(H2,15,16). The first-order chi connectivity index (χ1) is 8.08. The second-order valence-electron chi connectivity index (χ2n) is 3.45. The number of hydrogen-bond donors (Lipinski definition) is 1. The number of hydrogen-bond acceptors (Lipinski definition) is 3. The molecule has 0 aliphatic heterocycles. The normalized spacial score (nSPS) is 10.2. The molecule has 3 nitrogen and oxygen atoms in total. The number of pyridine rings is 1. The minimum atomic E-state index is -0.809. The smallest absolute Gasteiger partial charge is 0.196 e. The van der Waals surface area contributed by atoms with E-state index >= 15 is 0 Å². The molecule has 0 unspecified atom stereocenters. The van der Waals surface area contributed by atoms with Gasteiger partial charge in [-0.25, -0.2) is 8.78 Å². The lowest BCUT2D eigenvalue weighted by Crippen LogP contribution is -2.06. The second-order valence-corrected chi connectivity index (χ2v) is 3.45. The number of aromatic nitrogens is 1. The fraction of sp³-hybridized carbons (Fsp3) is 0. The van der Waals surface area contributed by atoms with Crippen molar-refractivity contribution in [3.63, 3.8) is 0 Å². The van der Waals surface area contributed by atoms with Crippen LogP contribution in [0.4, 0.5) is 14.5 Å². The zero-order valence-corrected chi connectivity index (χ0v) is 8.65. The maximum absolute atomic E-state index is 13.0. The van der Waals surface area contributed by atoms with E-state index in [2.05, 4.69) is 4.98 Å². The largest absolute Gasteiger partial charge is 0.398 e. The van der Waals surface area contributed by atoms with Gasteiger partial charge in [0, 0.05) is 29.7 Å². The Hall–Kier alpha value is -2.30. The summed E-state index contributed by atoms with van der Waals surface area (Å²) in [6, 6.07) is 4.06. The van der Waals surface area contributed by atoms with Gasteiger partial charge in [0.25, 0.3) is 0 Å². The molecule has 2 aromatic rings. The molecule has 0 atom stereocenters. The second kappa shape index (κ2) is 4.29. The summed E-state index contributed by atoms with van der Waals surface area (Å²) >= 11 is 0. The first-order valence-corrected chi connectivity index (χ1v) is 4.78. The van der Waals surface area contributed by atoms with Gasteiger partial charge in [-0.15, -0.1) is 0 Å². The van der Waals surface area contributed by atoms with Crippen LogP contribution in [0.1, 0.15) is 15.9 Å². The van der Waals surface area contributed by atoms with Crippen molar-refractivity contribution in [2.45, 2.75) is 0 Å². The van der Waals surface area contributed by atoms with Crippen molar-refractivity contribution in [3.05, 3.63) is 59.4 Å². The van der Waals surface area contributed by atoms with Crippen molar-refractivity contribution in [2.24, 2.45) is 0 Å². The van der Waals surface area contributed by atoms with E-state index in [4.69, 9.17) is 5.73 Å². The van der Waals surface area contributed by atoms with Crippen LogP contribution in [-0.4, -0.2) is 10.8 Å². The summed E-state index contributed by atoms with van der Waals surface area (Å²) in [6.07, 6.45) is 2.69. The minimum Gasteiger partial charge on any atom is -0.398 e. The number of halogens is 2. The van der Waals surface area contributed by atoms with Gasteiger partial charge in [0.2, 0.25) is 0 Å². The lowest BCUT2D eigenvalue weighted by molar-refractivity contribution is 0.103. The van der Waals surface area contributed by atoms with Gasteiger partial charge in [0.15, 0.2) is 5.78 Å². The van der Waals surface area contributed by atoms with Gasteiger partial charge in [-0.2, -0.15) is 0 Å². The highest BCUT2D eigenvalue weighted by atomic mass is 19.1. The molecule has 2 rings (SSSR count). The molecular weight excluding hydrogens is 226 g/mol. The zero-order valence-electron chi connectivity index (χ0n) is 8.65. The Morgan fingerprint density at radius 1 is 1.18 bits per heavy atom. The van der Waals surface area contributed by atoms with Gasteiger partial charge in [-0.1, -0.05) is 0 Å². The van der Waals surface area contributed by atoms with Crippen molar-refractivity contribution in [3.8, 4) is 0 Å². The number of ketones is 1. The van der Waals surface area contributed by atoms with Gasteiger partial charge in [0.05, 0.1) is 5.56 Å². The summed E-state index contributed by atoms with van der Waals surface area (Å²) in [6.45, 7) is 0. The zero-order chi connectivity index (χ0) is 12.4. The molecule has 2 N–H and O–H groups in total. The summed E-state index contributed by atoms with van der Waals surface area (Å²) in [7, 11) is 0. The average Bonchev–Trinajstić information content (AvgIpc) is 2.27. The molecule has 1 aromatic heterocycles. The number of carbonyl (C=O) groups excluding carboxylic acids is 1. The molecule has 0 amide bonds. The SMILES string of the molecule is Nc1ccncc1C(=O)c1cc(F)cc(F)c1. The predicted molar refractivity (Wildman–Crippen MR) is 58.4 cm³/mol. The first-order valence-electron chi connectivity index (χ1n) is 4.78. The maximum atomic E-state index is 13.0. The van der Waals surface area contributed by atoms with Crippen molar-refractivity contribution >= 4 is 11.5 Å². The molecule has 86 valence electrons. The van der Waals surface area contributed by atoms with Crippen molar-refractivity contribution < 1.29 is 13.6 Å². The molecular formula is C12H8F2N2O. The number of nitrogens with zero attached hydrogens (tertiary/aromatic N) is 1. The number of anilines is 1. The Labute approximate surface area is 95.9 Å². The predicted octanol–water partition coefficient (Wildman–Crippen LogP) is 2.17. The van der Waals surface area contributed by atoms with Crippen LogP contribution in [0.5, 0.6) is 0 Å². The van der Waals surface area contributed by atoms with Crippen LogP contribution >= 0.6 is 0 Å². The van der Waals surface area contributed by atoms with Crippen LogP contribution < -0.4 is 5.73 Å². The Bertz CT molecular complexity index is 564. The Morgan fingerprint density at radius 3 is 2.41 bits per heavy atom. The molecule has 0 spiro atoms. The van der Waals surface area contributed by atoms with Crippen molar-refractivity contribution in [2.75, 3.05) is 5.73 Å². The molecule has 0 aliphatic carbocycles. The lowest BCUT2D eigenvalue weighted by atomic mass is 10.0. The van der Waals surface area contributed by atoms with E-state index in [-0.39, 0.29) is 16.8 Å². The minimum absolute atomic E-state index is 0.0952. The Morgan fingerprint density at radius 2 is 1.82 bits per heavy atom. The fourth-order valence-corrected chi connectivity index (χ4v) is 1.44. The highest BCUT2D eigenvalue weighted by Crippen LogP contribution is 2.16. The van der Waals surface area contributed by atoms with Gasteiger partial charge in [0.1, 0.15) is 11.6 Å². The van der Waals surface area contributed by atoms with Crippen LogP contribution in [0.2, 0.25) is 0 Å². The fourth-order valence-electron chi connectivity index (χ4n) is 1.44. The van der Waals surface area contributed by atoms with E-state index in [0.29, 0.717) is 6.07 Å². The quantitative estimate of drug-likeness (QED) is 0.810. The first kappa shape index (κ1) is 11.2. The molecule has 5 heteroatoms. The van der Waals surface area contributed by atoms with Gasteiger partial charge in [-0.05, 0) is 18.2 Å². The monoisotopic (exact) mass is 234 g/mol. The molecule has 0 saturated carbocycles. The maximum Gasteiger partial charge on any atom is 0.196 e. The van der Waals surface area contributed by atoms with E-state index < -0.39 is 17.4 Å². The number of nitrogens with two attached hydrogens (primary N) is 1. The number of carbonyl (C=O) groups is 1. The average molecular weight is 234 g/mol. The summed E-state index contributed by atoms with van der Waals surface area (Å²) in [4.78, 5) is 15.7. The summed E-state index contributed by atoms with van der Waals surface area (Å²) in [5.74, 6) is -2.18. The number of nitrogen functional groups attached to an aromatic ring is 1. The van der Waals surface area contributed by atoms with Gasteiger partial charge in [-0.3, -0.25) is 9.78 Å². The highest BCUT2D eigenvalue weighted by molar-refractivity contribution is 6.11. The van der Waals surface area contributed by atoms with E-state index in [0.717, 1.165) is 12.1 Å². The van der Waals surface area contributed by atoms with Crippen LogP contribution in [-0.2, 0) is 0 Å². The van der Waals surface area contributed by atoms with Gasteiger partial charge >= 0.3 is 0 Å². The molecule has 1 heterocycles. The van der Waals surface area contributed by atoms with E-state index in [9.17, 15) is 13.6 Å². The Kier molecular flexibility index (Phi) is 2.82. The van der Waals surface area contributed by atoms with E-state index in [1.54, 1.807) is 0 Å². The van der Waals surface area contributed by atoms with Crippen molar-refractivity contribution in [1.29, 1.82) is 0 Å². The van der Waals surface area contributed by atoms with Crippen LogP contribution in [0.15, 0.2) is 36.7 Å². The third-order valence-corrected chi connectivity index (χ3v) is 2.22. The topological polar surface area (TPSA) is 56.0 Å². The molecule has 0 aliphatic rings. The summed E-state index contributed by atoms with van der Waals surface area (Å²) < 4.78 is 25.9. The van der Waals surface area contributed by atoms with E-state index in [1.165, 1.54) is 18.5 Å². The van der Waals surface area contributed by atoms with Crippen molar-refractivity contribution in [1.82, 2.24) is 4.98 Å². The van der Waals surface area contributed by atoms with Crippen LogP contribution in [0, 0.1) is 11.6 Å². The third kappa shape index (κ3) is 2.28. The molecule has 0 radical (unpaired) electrons. The summed E-state index contributed by atoms with van der Waals surface area (Å²) in [5, 5.41) is 0. The lowest BCUT2D eigenvalue weighted by Gasteiger charge is -2.04. The summed E-state index contributed by atoms with van der Waals surface area (Å²) in [5.41, 5.74) is 5.83. The third-order valence-electron chi connectivity index (χ3n) is 2.22. The molecule has 1 aromatic carbocycles. The van der Waals surface area contributed by atoms with Crippen LogP contribution in [0.3, 0.4) is 0 Å². The highest BCUT2D eigenvalue weighted by Gasteiger charge is 2.14. The molecule has 0 saturated heterocycles. The van der Waals surface area contributed by atoms with E-state index in [1.807, 2.05) is 0 Å². The molecule has 0 fully saturated rings. The van der Waals surface area contributed by atoms with Gasteiger partial charge < -0.3 is 5.73 Å². The molecule has 0 bridgehead atoms. The molecule has 17 heavy (non-hydrogen) atoms. The number of rotatable bonds is 2. The Balaban J connectivity index is 2.48. The van der Waals surface area contributed by atoms with Crippen LogP contribution in [0.25, 0.3) is 0 Å².